The molecule has 33 heavy (non-hydrogen) atoms. The molecule has 168 valence electrons. The average Bonchev–Trinajstić information content (AvgIpc) is 3.63. The van der Waals surface area contributed by atoms with Crippen LogP contribution in [0.3, 0.4) is 0 Å². The van der Waals surface area contributed by atoms with Gasteiger partial charge >= 0.3 is 0 Å². The minimum absolute atomic E-state index is 0.324. The van der Waals surface area contributed by atoms with Crippen LogP contribution in [0.15, 0.2) is 79.0 Å². The second-order valence-electron chi connectivity index (χ2n) is 8.33. The Kier molecular flexibility index (Phi) is 5.93. The average molecular weight is 440 g/mol. The second-order valence-corrected chi connectivity index (χ2v) is 8.33. The van der Waals surface area contributed by atoms with Gasteiger partial charge in [-0.25, -0.2) is 0 Å². The van der Waals surface area contributed by atoms with Crippen molar-refractivity contribution in [2.45, 2.75) is 26.0 Å². The maximum absolute atomic E-state index is 5.53. The molecule has 4 nitrogen and oxygen atoms in total. The van der Waals surface area contributed by atoms with E-state index >= 15 is 0 Å². The SMILES string of the molecule is CCC(=C(c1ccc(OC)cc1)c1ccc(OC)cc1)c1cn(C[C@H]2CO2)c2ccccc12. The van der Waals surface area contributed by atoms with Crippen LogP contribution in [0.2, 0.25) is 0 Å². The third kappa shape index (κ3) is 4.27. The van der Waals surface area contributed by atoms with Crippen LogP contribution in [-0.4, -0.2) is 31.5 Å². The highest BCUT2D eigenvalue weighted by Gasteiger charge is 2.25. The van der Waals surface area contributed by atoms with Gasteiger partial charge in [-0.2, -0.15) is 0 Å². The number of methoxy groups -OCH3 is 2. The second kappa shape index (κ2) is 9.16. The topological polar surface area (TPSA) is 35.9 Å². The number of benzene rings is 3. The zero-order valence-corrected chi connectivity index (χ0v) is 19.4. The monoisotopic (exact) mass is 439 g/mol. The van der Waals surface area contributed by atoms with Gasteiger partial charge < -0.3 is 18.8 Å². The molecule has 1 atom stereocenters. The van der Waals surface area contributed by atoms with Gasteiger partial charge in [0, 0.05) is 22.7 Å². The van der Waals surface area contributed by atoms with Gasteiger partial charge in [-0.1, -0.05) is 49.4 Å². The quantitative estimate of drug-likeness (QED) is 0.297. The largest absolute Gasteiger partial charge is 0.497 e. The minimum atomic E-state index is 0.324. The van der Waals surface area contributed by atoms with E-state index < -0.39 is 0 Å². The maximum atomic E-state index is 5.53. The lowest BCUT2D eigenvalue weighted by molar-refractivity contribution is 0.385. The number of ether oxygens (including phenoxy) is 3. The molecule has 0 amide bonds. The molecule has 2 heterocycles. The zero-order valence-electron chi connectivity index (χ0n) is 19.4. The fraction of sp³-hybridized carbons (Fsp3) is 0.241. The van der Waals surface area contributed by atoms with Crippen LogP contribution in [0.1, 0.15) is 30.0 Å². The number of nitrogens with zero attached hydrogens (tertiary/aromatic N) is 1. The number of allylic oxidation sites excluding steroid dienone is 1. The van der Waals surface area contributed by atoms with Gasteiger partial charge in [-0.15, -0.1) is 0 Å². The number of hydrogen-bond donors (Lipinski definition) is 0. The normalized spacial score (nSPS) is 14.8. The molecule has 0 radical (unpaired) electrons. The van der Waals surface area contributed by atoms with Crippen LogP contribution < -0.4 is 9.47 Å². The molecule has 0 aliphatic carbocycles. The van der Waals surface area contributed by atoms with Crippen LogP contribution in [0.4, 0.5) is 0 Å². The Hall–Kier alpha value is -3.50. The van der Waals surface area contributed by atoms with Crippen LogP contribution in [0.5, 0.6) is 11.5 Å². The van der Waals surface area contributed by atoms with E-state index in [4.69, 9.17) is 14.2 Å². The molecule has 1 saturated heterocycles. The first-order valence-corrected chi connectivity index (χ1v) is 11.4. The Balaban J connectivity index is 1.74. The first-order valence-electron chi connectivity index (χ1n) is 11.4. The molecule has 0 unspecified atom stereocenters. The van der Waals surface area contributed by atoms with Gasteiger partial charge in [0.2, 0.25) is 0 Å². The predicted octanol–water partition coefficient (Wildman–Crippen LogP) is 6.43. The highest BCUT2D eigenvalue weighted by atomic mass is 16.6. The summed E-state index contributed by atoms with van der Waals surface area (Å²) >= 11 is 0. The maximum Gasteiger partial charge on any atom is 0.118 e. The molecular weight excluding hydrogens is 410 g/mol. The Labute approximate surface area is 195 Å². The predicted molar refractivity (Wildman–Crippen MR) is 134 cm³/mol. The first kappa shape index (κ1) is 21.4. The van der Waals surface area contributed by atoms with Gasteiger partial charge in [0.1, 0.15) is 11.5 Å². The number of fused-ring (bicyclic) bond motifs is 1. The van der Waals surface area contributed by atoms with E-state index in [1.807, 2.05) is 24.3 Å². The summed E-state index contributed by atoms with van der Waals surface area (Å²) in [7, 11) is 3.40. The molecule has 3 aromatic carbocycles. The molecule has 0 saturated carbocycles. The molecule has 5 rings (SSSR count). The van der Waals surface area contributed by atoms with Crippen LogP contribution in [-0.2, 0) is 11.3 Å². The van der Waals surface area contributed by atoms with E-state index in [2.05, 4.69) is 66.2 Å². The van der Waals surface area contributed by atoms with E-state index in [1.54, 1.807) is 14.2 Å². The van der Waals surface area contributed by atoms with Gasteiger partial charge in [0.05, 0.1) is 33.5 Å². The third-order valence-corrected chi connectivity index (χ3v) is 6.33. The Morgan fingerprint density at radius 3 is 1.97 bits per heavy atom. The van der Waals surface area contributed by atoms with Crippen LogP contribution in [0, 0.1) is 0 Å². The Morgan fingerprint density at radius 1 is 0.879 bits per heavy atom. The van der Waals surface area contributed by atoms with Crippen molar-refractivity contribution in [3.8, 4) is 11.5 Å². The van der Waals surface area contributed by atoms with E-state index in [9.17, 15) is 0 Å². The van der Waals surface area contributed by atoms with Crippen molar-refractivity contribution in [1.29, 1.82) is 0 Å². The molecule has 1 aromatic heterocycles. The summed E-state index contributed by atoms with van der Waals surface area (Å²) in [4.78, 5) is 0. The summed E-state index contributed by atoms with van der Waals surface area (Å²) in [6, 6.07) is 25.3. The number of hydrogen-bond acceptors (Lipinski definition) is 3. The lowest BCUT2D eigenvalue weighted by atomic mass is 9.88. The number of aromatic nitrogens is 1. The fourth-order valence-electron chi connectivity index (χ4n) is 4.56. The fourth-order valence-corrected chi connectivity index (χ4v) is 4.56. The minimum Gasteiger partial charge on any atom is -0.497 e. The molecule has 4 aromatic rings. The first-order chi connectivity index (χ1) is 16.2. The summed E-state index contributed by atoms with van der Waals surface area (Å²) in [6.45, 7) is 3.97. The molecule has 1 aliphatic rings. The van der Waals surface area contributed by atoms with Gasteiger partial charge in [-0.3, -0.25) is 0 Å². The van der Waals surface area contributed by atoms with Crippen molar-refractivity contribution in [2.75, 3.05) is 20.8 Å². The lowest BCUT2D eigenvalue weighted by Crippen LogP contribution is -2.02. The van der Waals surface area contributed by atoms with E-state index in [0.29, 0.717) is 6.10 Å². The highest BCUT2D eigenvalue weighted by Crippen LogP contribution is 2.39. The van der Waals surface area contributed by atoms with E-state index in [0.717, 1.165) is 31.1 Å². The zero-order chi connectivity index (χ0) is 22.8. The van der Waals surface area contributed by atoms with Crippen LogP contribution in [0.25, 0.3) is 22.0 Å². The molecule has 0 N–H and O–H groups in total. The molecule has 4 heteroatoms. The summed E-state index contributed by atoms with van der Waals surface area (Å²) in [5.74, 6) is 1.71. The van der Waals surface area contributed by atoms with E-state index in [1.165, 1.54) is 38.7 Å². The Bertz CT molecular complexity index is 1230. The standard InChI is InChI=1S/C29H29NO3/c1-4-25(27-18-30(17-24-19-33-24)28-8-6-5-7-26(27)28)29(20-9-13-22(31-2)14-10-20)21-11-15-23(32-3)16-12-21/h5-16,18,24H,4,17,19H2,1-3H3/t24-/m0/s1. The van der Waals surface area contributed by atoms with Crippen molar-refractivity contribution in [3.63, 3.8) is 0 Å². The van der Waals surface area contributed by atoms with Crippen molar-refractivity contribution < 1.29 is 14.2 Å². The highest BCUT2D eigenvalue weighted by molar-refractivity contribution is 6.05. The smallest absolute Gasteiger partial charge is 0.118 e. The third-order valence-electron chi connectivity index (χ3n) is 6.33. The van der Waals surface area contributed by atoms with Crippen LogP contribution >= 0.6 is 0 Å². The molecule has 0 spiro atoms. The van der Waals surface area contributed by atoms with Crippen molar-refractivity contribution in [2.24, 2.45) is 0 Å². The summed E-state index contributed by atoms with van der Waals surface area (Å²) in [5, 5.41) is 1.27. The summed E-state index contributed by atoms with van der Waals surface area (Å²) in [6.07, 6.45) is 3.53. The van der Waals surface area contributed by atoms with Crippen molar-refractivity contribution in [3.05, 3.63) is 95.7 Å². The van der Waals surface area contributed by atoms with Gasteiger partial charge in [0.15, 0.2) is 0 Å². The number of rotatable bonds is 8. The summed E-state index contributed by atoms with van der Waals surface area (Å²) < 4.78 is 18.7. The van der Waals surface area contributed by atoms with E-state index in [-0.39, 0.29) is 0 Å². The lowest BCUT2D eigenvalue weighted by Gasteiger charge is -2.16. The number of para-hydroxylation sites is 1. The van der Waals surface area contributed by atoms with Gasteiger partial charge in [0.25, 0.3) is 0 Å². The molecule has 0 bridgehead atoms. The molecule has 1 aliphatic heterocycles. The van der Waals surface area contributed by atoms with Gasteiger partial charge in [-0.05, 0) is 59.0 Å². The van der Waals surface area contributed by atoms with Crippen molar-refractivity contribution >= 4 is 22.0 Å². The Morgan fingerprint density at radius 2 is 1.45 bits per heavy atom. The number of epoxide rings is 1. The van der Waals surface area contributed by atoms with Crippen molar-refractivity contribution in [1.82, 2.24) is 4.57 Å². The molecular formula is C29H29NO3. The summed E-state index contributed by atoms with van der Waals surface area (Å²) in [5.41, 5.74) is 7.40. The molecule has 1 fully saturated rings.